The molecule has 6 rings (SSSR count). The van der Waals surface area contributed by atoms with Gasteiger partial charge in [0.2, 0.25) is 6.71 Å². The molecular weight excluding hydrogens is 499 g/mol. The van der Waals surface area contributed by atoms with Gasteiger partial charge in [0, 0.05) is 18.6 Å². The summed E-state index contributed by atoms with van der Waals surface area (Å²) in [6.45, 7) is 2.84. The van der Waals surface area contributed by atoms with Crippen molar-refractivity contribution in [1.29, 1.82) is 0 Å². The predicted octanol–water partition coefficient (Wildman–Crippen LogP) is 6.04. The quantitative estimate of drug-likeness (QED) is 0.198. The van der Waals surface area contributed by atoms with E-state index in [2.05, 4.69) is 156 Å². The number of hydrogen-bond donors (Lipinski definition) is 0. The molecule has 0 N–H and O–H groups in total. The molecule has 40 heavy (non-hydrogen) atoms. The highest BCUT2D eigenvalue weighted by Crippen LogP contribution is 2.38. The first-order valence-electron chi connectivity index (χ1n) is 14.6. The van der Waals surface area contributed by atoms with Gasteiger partial charge < -0.3 is 4.57 Å². The van der Waals surface area contributed by atoms with Crippen LogP contribution in [-0.4, -0.2) is 24.3 Å². The second-order valence-electron chi connectivity index (χ2n) is 10.8. The Morgan fingerprint density at radius 3 is 1.68 bits per heavy atom. The average molecular weight is 539 g/mol. The number of nitrogens with zero attached hydrogens (tertiary/aromatic N) is 2. The molecule has 0 unspecified atom stereocenters. The van der Waals surface area contributed by atoms with Crippen molar-refractivity contribution in [3.8, 4) is 0 Å². The van der Waals surface area contributed by atoms with Gasteiger partial charge in [-0.25, -0.2) is 4.98 Å². The zero-order chi connectivity index (χ0) is 27.5. The van der Waals surface area contributed by atoms with E-state index < -0.39 is 8.07 Å². The average Bonchev–Trinajstić information content (AvgIpc) is 3.72. The van der Waals surface area contributed by atoms with Crippen molar-refractivity contribution in [3.63, 3.8) is 0 Å². The molecule has 4 aromatic carbocycles. The smallest absolute Gasteiger partial charge is 0.212 e. The van der Waals surface area contributed by atoms with Crippen LogP contribution in [0.25, 0.3) is 0 Å². The van der Waals surface area contributed by atoms with Crippen LogP contribution < -0.4 is 21.3 Å². The van der Waals surface area contributed by atoms with Gasteiger partial charge in [-0.15, -0.1) is 0 Å². The van der Waals surface area contributed by atoms with Crippen molar-refractivity contribution in [1.82, 2.24) is 9.55 Å². The van der Waals surface area contributed by atoms with Gasteiger partial charge in [-0.1, -0.05) is 176 Å². The summed E-state index contributed by atoms with van der Waals surface area (Å²) in [6.07, 6.45) is 14.3. The number of rotatable bonds is 10. The lowest BCUT2D eigenvalue weighted by atomic mass is 9.37. The summed E-state index contributed by atoms with van der Waals surface area (Å²) in [5, 5.41) is 2.88. The highest BCUT2D eigenvalue weighted by Gasteiger charge is 2.36. The van der Waals surface area contributed by atoms with Crippen LogP contribution in [0.5, 0.6) is 0 Å². The molecule has 0 atom stereocenters. The third kappa shape index (κ3) is 7.00. The number of hydrogen-bond acceptors (Lipinski definition) is 1. The van der Waals surface area contributed by atoms with E-state index in [0.29, 0.717) is 6.71 Å². The zero-order valence-electron chi connectivity index (χ0n) is 23.5. The summed E-state index contributed by atoms with van der Waals surface area (Å²) in [5.74, 6) is 0.866. The molecular formula is C36H39BN2Si. The standard InChI is InChI=1S/C21H24N2Si.C15H15B/c1-2-3-10-17-24(19-23-16-15-22-18-23,20-11-6-4-7-12-20)21-13-8-5-9-14-21;1-3-7-13(8-4-1)16(15-11-12-15)14-9-5-2-6-10-14/h4-18H,2-3,19H2,1H3;1-10,15H,11-12H2. The Bertz CT molecular complexity index is 1340. The first kappa shape index (κ1) is 27.7. The molecule has 1 aliphatic carbocycles. The van der Waals surface area contributed by atoms with Gasteiger partial charge >= 0.3 is 0 Å². The van der Waals surface area contributed by atoms with Crippen LogP contribution in [0, 0.1) is 0 Å². The molecule has 0 bridgehead atoms. The van der Waals surface area contributed by atoms with Crippen molar-refractivity contribution < 1.29 is 0 Å². The molecule has 1 aromatic heterocycles. The number of benzene rings is 4. The normalized spacial score (nSPS) is 13.0. The molecule has 1 fully saturated rings. The van der Waals surface area contributed by atoms with E-state index in [0.717, 1.165) is 18.4 Å². The number of imidazole rings is 1. The molecule has 2 nitrogen and oxygen atoms in total. The minimum absolute atomic E-state index is 0.613. The largest absolute Gasteiger partial charge is 0.339 e. The fourth-order valence-corrected chi connectivity index (χ4v) is 9.77. The van der Waals surface area contributed by atoms with Crippen LogP contribution in [0.15, 0.2) is 152 Å². The van der Waals surface area contributed by atoms with E-state index in [4.69, 9.17) is 0 Å². The summed E-state index contributed by atoms with van der Waals surface area (Å²) in [6, 6.07) is 43.8. The van der Waals surface area contributed by atoms with Crippen molar-refractivity contribution in [2.45, 2.75) is 44.6 Å². The second kappa shape index (κ2) is 14.0. The number of allylic oxidation sites excluding steroid dienone is 1. The van der Waals surface area contributed by atoms with Crippen molar-refractivity contribution in [3.05, 3.63) is 152 Å². The summed E-state index contributed by atoms with van der Waals surface area (Å²) < 4.78 is 2.22. The lowest BCUT2D eigenvalue weighted by molar-refractivity contribution is 0.860. The molecule has 5 aromatic rings. The molecule has 1 aliphatic rings. The van der Waals surface area contributed by atoms with Crippen molar-refractivity contribution in [2.24, 2.45) is 0 Å². The Morgan fingerprint density at radius 1 is 0.750 bits per heavy atom. The molecule has 200 valence electrons. The van der Waals surface area contributed by atoms with E-state index in [1.165, 1.54) is 40.6 Å². The van der Waals surface area contributed by atoms with E-state index in [-0.39, 0.29) is 0 Å². The minimum atomic E-state index is -2.05. The summed E-state index contributed by atoms with van der Waals surface area (Å²) >= 11 is 0. The van der Waals surface area contributed by atoms with Gasteiger partial charge in [0.25, 0.3) is 0 Å². The van der Waals surface area contributed by atoms with Crippen LogP contribution in [0.1, 0.15) is 32.6 Å². The second-order valence-corrected chi connectivity index (χ2v) is 14.5. The third-order valence-electron chi connectivity index (χ3n) is 7.84. The van der Waals surface area contributed by atoms with Gasteiger partial charge in [0.05, 0.1) is 6.33 Å². The van der Waals surface area contributed by atoms with E-state index >= 15 is 0 Å². The predicted molar refractivity (Wildman–Crippen MR) is 175 cm³/mol. The Balaban J connectivity index is 0.000000174. The highest BCUT2D eigenvalue weighted by atomic mass is 28.3. The first-order chi connectivity index (χ1) is 19.8. The SMILES string of the molecule is CCCC=C[Si](Cn1ccnc1)(c1ccccc1)c1ccccc1.c1ccc(B(c2ccccc2)C2CC2)cc1. The Kier molecular flexibility index (Phi) is 9.65. The topological polar surface area (TPSA) is 17.8 Å². The summed E-state index contributed by atoms with van der Waals surface area (Å²) in [7, 11) is -2.05. The monoisotopic (exact) mass is 538 g/mol. The van der Waals surface area contributed by atoms with Crippen LogP contribution in [0.4, 0.5) is 0 Å². The Labute approximate surface area is 241 Å². The Hall–Kier alpha value is -3.89. The fraction of sp³-hybridized carbons (Fsp3) is 0.194. The van der Waals surface area contributed by atoms with Crippen LogP contribution in [0.2, 0.25) is 5.82 Å². The van der Waals surface area contributed by atoms with Crippen LogP contribution >= 0.6 is 0 Å². The molecule has 1 saturated carbocycles. The van der Waals surface area contributed by atoms with Crippen molar-refractivity contribution >= 4 is 36.1 Å². The summed E-state index contributed by atoms with van der Waals surface area (Å²) in [5.41, 5.74) is 5.45. The van der Waals surface area contributed by atoms with Gasteiger partial charge in [-0.2, -0.15) is 0 Å². The molecule has 1 heterocycles. The molecule has 0 spiro atoms. The number of aromatic nitrogens is 2. The van der Waals surface area contributed by atoms with Crippen LogP contribution in [0.3, 0.4) is 0 Å². The highest BCUT2D eigenvalue weighted by molar-refractivity contribution is 7.05. The van der Waals surface area contributed by atoms with Gasteiger partial charge in [0.1, 0.15) is 0 Å². The van der Waals surface area contributed by atoms with Gasteiger partial charge in [0.15, 0.2) is 8.07 Å². The molecule has 4 heteroatoms. The molecule has 0 radical (unpaired) electrons. The van der Waals surface area contributed by atoms with Crippen LogP contribution in [-0.2, 0) is 6.17 Å². The third-order valence-corrected chi connectivity index (χ3v) is 12.2. The lowest BCUT2D eigenvalue weighted by Gasteiger charge is -2.30. The van der Waals surface area contributed by atoms with Gasteiger partial charge in [-0.05, 0) is 16.8 Å². The van der Waals surface area contributed by atoms with Crippen molar-refractivity contribution in [2.75, 3.05) is 0 Å². The fourth-order valence-electron chi connectivity index (χ4n) is 5.67. The van der Waals surface area contributed by atoms with E-state index in [1.807, 2.05) is 12.5 Å². The molecule has 0 aliphatic heterocycles. The van der Waals surface area contributed by atoms with E-state index in [9.17, 15) is 0 Å². The maximum absolute atomic E-state index is 4.25. The maximum atomic E-state index is 4.25. The van der Waals surface area contributed by atoms with Gasteiger partial charge in [-0.3, -0.25) is 0 Å². The number of unbranched alkanes of at least 4 members (excludes halogenated alkanes) is 1. The first-order valence-corrected chi connectivity index (χ1v) is 16.9. The Morgan fingerprint density at radius 2 is 1.25 bits per heavy atom. The van der Waals surface area contributed by atoms with E-state index in [1.54, 1.807) is 0 Å². The zero-order valence-corrected chi connectivity index (χ0v) is 24.5. The molecule has 0 amide bonds. The maximum Gasteiger partial charge on any atom is 0.212 e. The minimum Gasteiger partial charge on any atom is -0.339 e. The lowest BCUT2D eigenvalue weighted by Crippen LogP contribution is -2.60. The molecule has 0 saturated heterocycles. The summed E-state index contributed by atoms with van der Waals surface area (Å²) in [4.78, 5) is 4.25.